The molecule has 0 aromatic heterocycles. The fraction of sp³-hybridized carbons (Fsp3) is 0.222. The van der Waals surface area contributed by atoms with Gasteiger partial charge in [-0.05, 0) is 12.1 Å². The average molecular weight is 282 g/mol. The zero-order valence-corrected chi connectivity index (χ0v) is 9.80. The van der Waals surface area contributed by atoms with E-state index in [0.717, 1.165) is 18.2 Å². The van der Waals surface area contributed by atoms with Gasteiger partial charge in [0, 0.05) is 16.2 Å². The van der Waals surface area contributed by atoms with Gasteiger partial charge < -0.3 is 0 Å². The zero-order chi connectivity index (χ0) is 12.8. The van der Waals surface area contributed by atoms with Crippen molar-refractivity contribution in [3.8, 4) is 0 Å². The van der Waals surface area contributed by atoms with Crippen LogP contribution in [0.4, 0.5) is 8.78 Å². The molecule has 0 aliphatic carbocycles. The van der Waals surface area contributed by atoms with Crippen LogP contribution in [0.5, 0.6) is 0 Å². The number of nitrogens with zero attached hydrogens (tertiary/aromatic N) is 1. The SMILES string of the molecule is O=C1CC(c2c(F)cccc2F)N1S(=O)(=O)Cl. The normalized spacial score (nSPS) is 20.3. The molecule has 92 valence electrons. The van der Waals surface area contributed by atoms with Gasteiger partial charge in [0.2, 0.25) is 5.91 Å². The number of rotatable bonds is 2. The number of carbonyl (C=O) groups is 1. The van der Waals surface area contributed by atoms with E-state index in [1.807, 2.05) is 0 Å². The van der Waals surface area contributed by atoms with Crippen molar-refractivity contribution in [1.29, 1.82) is 0 Å². The summed E-state index contributed by atoms with van der Waals surface area (Å²) in [5.74, 6) is -2.60. The van der Waals surface area contributed by atoms with Crippen LogP contribution in [-0.4, -0.2) is 18.6 Å². The summed E-state index contributed by atoms with van der Waals surface area (Å²) >= 11 is 0. The summed E-state index contributed by atoms with van der Waals surface area (Å²) < 4.78 is 49.2. The Bertz CT molecular complexity index is 570. The molecular formula is C9H6ClF2NO3S. The van der Waals surface area contributed by atoms with Gasteiger partial charge in [0.1, 0.15) is 11.6 Å². The molecule has 17 heavy (non-hydrogen) atoms. The molecule has 1 heterocycles. The molecule has 0 spiro atoms. The van der Waals surface area contributed by atoms with Crippen LogP contribution in [0.2, 0.25) is 0 Å². The third-order valence-corrected chi connectivity index (χ3v) is 3.84. The Hall–Kier alpha value is -1.21. The average Bonchev–Trinajstić information content (AvgIpc) is 2.12. The van der Waals surface area contributed by atoms with Crippen molar-refractivity contribution in [3.05, 3.63) is 35.4 Å². The van der Waals surface area contributed by atoms with Crippen molar-refractivity contribution in [1.82, 2.24) is 4.31 Å². The molecule has 1 atom stereocenters. The van der Waals surface area contributed by atoms with E-state index in [-0.39, 0.29) is 10.7 Å². The van der Waals surface area contributed by atoms with Crippen molar-refractivity contribution in [3.63, 3.8) is 0 Å². The van der Waals surface area contributed by atoms with Crippen LogP contribution >= 0.6 is 10.7 Å². The topological polar surface area (TPSA) is 54.5 Å². The Morgan fingerprint density at radius 3 is 2.24 bits per heavy atom. The second-order valence-electron chi connectivity index (χ2n) is 3.49. The summed E-state index contributed by atoms with van der Waals surface area (Å²) in [4.78, 5) is 11.1. The van der Waals surface area contributed by atoms with Gasteiger partial charge in [-0.3, -0.25) is 4.79 Å². The fourth-order valence-electron chi connectivity index (χ4n) is 1.72. The molecule has 0 N–H and O–H groups in total. The van der Waals surface area contributed by atoms with Crippen molar-refractivity contribution < 1.29 is 22.0 Å². The van der Waals surface area contributed by atoms with E-state index in [4.69, 9.17) is 10.7 Å². The highest BCUT2D eigenvalue weighted by atomic mass is 35.7. The molecule has 1 aliphatic rings. The Balaban J connectivity index is 2.47. The predicted molar refractivity (Wildman–Crippen MR) is 55.3 cm³/mol. The van der Waals surface area contributed by atoms with E-state index < -0.39 is 38.4 Å². The van der Waals surface area contributed by atoms with Gasteiger partial charge in [-0.15, -0.1) is 0 Å². The van der Waals surface area contributed by atoms with Crippen LogP contribution in [0.15, 0.2) is 18.2 Å². The molecule has 1 saturated heterocycles. The fourth-order valence-corrected chi connectivity index (χ4v) is 3.04. The molecule has 0 bridgehead atoms. The minimum Gasteiger partial charge on any atom is -0.274 e. The largest absolute Gasteiger partial charge is 0.324 e. The van der Waals surface area contributed by atoms with Crippen molar-refractivity contribution >= 4 is 25.8 Å². The van der Waals surface area contributed by atoms with Crippen LogP contribution in [0.25, 0.3) is 0 Å². The molecule has 0 radical (unpaired) electrons. The molecule has 1 aromatic carbocycles. The lowest BCUT2D eigenvalue weighted by atomic mass is 9.96. The number of β-lactam (4-membered cyclic amide) rings is 1. The summed E-state index contributed by atoms with van der Waals surface area (Å²) in [7, 11) is 0.688. The molecule has 0 saturated carbocycles. The molecule has 2 rings (SSSR count). The van der Waals surface area contributed by atoms with E-state index in [1.54, 1.807) is 0 Å². The third kappa shape index (κ3) is 2.00. The summed E-state index contributed by atoms with van der Waals surface area (Å²) in [6.07, 6.45) is -0.288. The standard InChI is InChI=1S/C9H6ClF2NO3S/c10-17(15,16)13-7(4-8(13)14)9-5(11)2-1-3-6(9)12/h1-3,7H,4H2. The molecule has 1 fully saturated rings. The second-order valence-corrected chi connectivity index (χ2v) is 5.87. The van der Waals surface area contributed by atoms with Crippen LogP contribution in [-0.2, 0) is 14.0 Å². The van der Waals surface area contributed by atoms with E-state index in [9.17, 15) is 22.0 Å². The highest BCUT2D eigenvalue weighted by Gasteiger charge is 2.46. The van der Waals surface area contributed by atoms with Gasteiger partial charge in [-0.2, -0.15) is 8.42 Å². The Morgan fingerprint density at radius 2 is 1.82 bits per heavy atom. The first kappa shape index (κ1) is 12.3. The van der Waals surface area contributed by atoms with E-state index >= 15 is 0 Å². The van der Waals surface area contributed by atoms with E-state index in [1.165, 1.54) is 0 Å². The molecule has 8 heteroatoms. The van der Waals surface area contributed by atoms with Gasteiger partial charge in [0.25, 0.3) is 0 Å². The van der Waals surface area contributed by atoms with E-state index in [2.05, 4.69) is 0 Å². The lowest BCUT2D eigenvalue weighted by Crippen LogP contribution is -2.48. The van der Waals surface area contributed by atoms with Crippen molar-refractivity contribution in [2.75, 3.05) is 0 Å². The summed E-state index contributed by atoms with van der Waals surface area (Å²) in [5.41, 5.74) is -0.462. The minimum atomic E-state index is -4.32. The monoisotopic (exact) mass is 281 g/mol. The smallest absolute Gasteiger partial charge is 0.274 e. The van der Waals surface area contributed by atoms with E-state index in [0.29, 0.717) is 0 Å². The third-order valence-electron chi connectivity index (χ3n) is 2.46. The summed E-state index contributed by atoms with van der Waals surface area (Å²) in [5, 5.41) is 0. The molecule has 1 aliphatic heterocycles. The maximum atomic E-state index is 13.4. The number of hydrogen-bond donors (Lipinski definition) is 0. The first-order valence-corrected chi connectivity index (χ1v) is 6.79. The number of carbonyl (C=O) groups excluding carboxylic acids is 1. The maximum Gasteiger partial charge on any atom is 0.324 e. The zero-order valence-electron chi connectivity index (χ0n) is 8.23. The molecular weight excluding hydrogens is 276 g/mol. The molecule has 1 amide bonds. The van der Waals surface area contributed by atoms with Crippen LogP contribution in [0.1, 0.15) is 18.0 Å². The van der Waals surface area contributed by atoms with Gasteiger partial charge in [-0.1, -0.05) is 6.07 Å². The highest BCUT2D eigenvalue weighted by molar-refractivity contribution is 8.12. The molecule has 4 nitrogen and oxygen atoms in total. The Morgan fingerprint density at radius 1 is 1.29 bits per heavy atom. The van der Waals surface area contributed by atoms with Crippen molar-refractivity contribution in [2.24, 2.45) is 0 Å². The van der Waals surface area contributed by atoms with Gasteiger partial charge in [0.15, 0.2) is 0 Å². The van der Waals surface area contributed by atoms with Crippen LogP contribution in [0, 0.1) is 11.6 Å². The maximum absolute atomic E-state index is 13.4. The number of halogens is 3. The van der Waals surface area contributed by atoms with Gasteiger partial charge >= 0.3 is 9.24 Å². The van der Waals surface area contributed by atoms with Crippen molar-refractivity contribution in [2.45, 2.75) is 12.5 Å². The van der Waals surface area contributed by atoms with Gasteiger partial charge in [-0.25, -0.2) is 13.1 Å². The van der Waals surface area contributed by atoms with Gasteiger partial charge in [0.05, 0.1) is 12.5 Å². The molecule has 1 aromatic rings. The van der Waals surface area contributed by atoms with Crippen LogP contribution < -0.4 is 0 Å². The number of benzene rings is 1. The minimum absolute atomic E-state index is 0.274. The number of amides is 1. The summed E-state index contributed by atoms with van der Waals surface area (Å²) in [6.45, 7) is 0. The predicted octanol–water partition coefficient (Wildman–Crippen LogP) is 1.72. The quantitative estimate of drug-likeness (QED) is 0.613. The second kappa shape index (κ2) is 3.92. The summed E-state index contributed by atoms with van der Waals surface area (Å²) in [6, 6.07) is 1.92. The molecule has 1 unspecified atom stereocenters. The lowest BCUT2D eigenvalue weighted by molar-refractivity contribution is -0.137. The first-order chi connectivity index (χ1) is 7.82. The highest BCUT2D eigenvalue weighted by Crippen LogP contribution is 2.40. The Kier molecular flexibility index (Phi) is 2.82. The first-order valence-electron chi connectivity index (χ1n) is 4.53. The number of hydrogen-bond acceptors (Lipinski definition) is 3. The Labute approximate surface area is 100 Å². The van der Waals surface area contributed by atoms with Crippen LogP contribution in [0.3, 0.4) is 0 Å². The lowest BCUT2D eigenvalue weighted by Gasteiger charge is -2.37.